The molecule has 0 fully saturated rings. The molecular formula is C18H18ClFN2O4S. The van der Waals surface area contributed by atoms with Gasteiger partial charge in [-0.25, -0.2) is 12.8 Å². The molecule has 1 aliphatic heterocycles. The molecule has 2 aromatic carbocycles. The van der Waals surface area contributed by atoms with E-state index in [0.29, 0.717) is 34.0 Å². The number of hydrogen-bond acceptors (Lipinski definition) is 4. The van der Waals surface area contributed by atoms with Crippen LogP contribution in [0.4, 0.5) is 10.1 Å². The quantitative estimate of drug-likeness (QED) is 0.818. The second-order valence-corrected chi connectivity index (χ2v) is 8.65. The zero-order valence-corrected chi connectivity index (χ0v) is 16.3. The van der Waals surface area contributed by atoms with Crippen LogP contribution in [0.25, 0.3) is 0 Å². The first-order valence-electron chi connectivity index (χ1n) is 8.13. The Kier molecular flexibility index (Phi) is 5.41. The SMILES string of the molecule is COc1ccc(Cl)cc1CN(C)S(=O)(=O)c1cc2c(cc1F)NC(=O)CC2. The van der Waals surface area contributed by atoms with E-state index < -0.39 is 20.7 Å². The molecule has 0 radical (unpaired) electrons. The van der Waals surface area contributed by atoms with E-state index in [0.717, 1.165) is 10.4 Å². The van der Waals surface area contributed by atoms with Gasteiger partial charge in [-0.2, -0.15) is 4.31 Å². The van der Waals surface area contributed by atoms with Crippen LogP contribution >= 0.6 is 11.6 Å². The number of aryl methyl sites for hydroxylation is 1. The molecule has 0 spiro atoms. The first-order valence-corrected chi connectivity index (χ1v) is 9.95. The number of fused-ring (bicyclic) bond motifs is 1. The van der Waals surface area contributed by atoms with Crippen molar-refractivity contribution >= 4 is 33.2 Å². The third-order valence-corrected chi connectivity index (χ3v) is 6.43. The molecule has 144 valence electrons. The predicted octanol–water partition coefficient (Wildman–Crippen LogP) is 3.19. The monoisotopic (exact) mass is 412 g/mol. The van der Waals surface area contributed by atoms with E-state index in [1.54, 1.807) is 18.2 Å². The van der Waals surface area contributed by atoms with Gasteiger partial charge in [0.25, 0.3) is 0 Å². The number of carbonyl (C=O) groups is 1. The van der Waals surface area contributed by atoms with E-state index in [1.807, 2.05) is 0 Å². The Morgan fingerprint density at radius 3 is 2.70 bits per heavy atom. The number of nitrogens with zero attached hydrogens (tertiary/aromatic N) is 1. The number of amides is 1. The van der Waals surface area contributed by atoms with E-state index >= 15 is 0 Å². The second-order valence-electron chi connectivity index (χ2n) is 6.21. The fourth-order valence-electron chi connectivity index (χ4n) is 2.94. The Bertz CT molecular complexity index is 1010. The maximum absolute atomic E-state index is 14.5. The first-order chi connectivity index (χ1) is 12.7. The molecule has 9 heteroatoms. The topological polar surface area (TPSA) is 75.7 Å². The summed E-state index contributed by atoms with van der Waals surface area (Å²) in [5.41, 5.74) is 1.45. The number of carbonyl (C=O) groups excluding carboxylic acids is 1. The van der Waals surface area contributed by atoms with Crippen molar-refractivity contribution in [3.8, 4) is 5.75 Å². The van der Waals surface area contributed by atoms with Crippen molar-refractivity contribution in [3.63, 3.8) is 0 Å². The van der Waals surface area contributed by atoms with Gasteiger partial charge in [0.1, 0.15) is 16.5 Å². The molecule has 0 aromatic heterocycles. The van der Waals surface area contributed by atoms with Crippen LogP contribution < -0.4 is 10.1 Å². The van der Waals surface area contributed by atoms with Crippen LogP contribution in [0.5, 0.6) is 5.75 Å². The largest absolute Gasteiger partial charge is 0.496 e. The lowest BCUT2D eigenvalue weighted by atomic mass is 10.0. The fraction of sp³-hybridized carbons (Fsp3) is 0.278. The van der Waals surface area contributed by atoms with Gasteiger partial charge in [-0.15, -0.1) is 0 Å². The number of anilines is 1. The second kappa shape index (κ2) is 7.46. The van der Waals surface area contributed by atoms with Crippen molar-refractivity contribution in [1.29, 1.82) is 0 Å². The summed E-state index contributed by atoms with van der Waals surface area (Å²) in [6.45, 7) is -0.0423. The van der Waals surface area contributed by atoms with Crippen LogP contribution in [0.1, 0.15) is 17.5 Å². The van der Waals surface area contributed by atoms with Gasteiger partial charge < -0.3 is 10.1 Å². The number of halogens is 2. The van der Waals surface area contributed by atoms with Gasteiger partial charge >= 0.3 is 0 Å². The summed E-state index contributed by atoms with van der Waals surface area (Å²) in [5.74, 6) is -0.654. The molecule has 0 saturated carbocycles. The molecule has 1 N–H and O–H groups in total. The van der Waals surface area contributed by atoms with E-state index in [-0.39, 0.29) is 18.9 Å². The molecule has 0 aliphatic carbocycles. The first kappa shape index (κ1) is 19.6. The maximum Gasteiger partial charge on any atom is 0.246 e. The summed E-state index contributed by atoms with van der Waals surface area (Å²) >= 11 is 5.99. The zero-order chi connectivity index (χ0) is 19.8. The third-order valence-electron chi connectivity index (χ3n) is 4.38. The van der Waals surface area contributed by atoms with Crippen LogP contribution in [-0.2, 0) is 27.8 Å². The lowest BCUT2D eigenvalue weighted by Crippen LogP contribution is -2.28. The van der Waals surface area contributed by atoms with Crippen LogP contribution in [0.2, 0.25) is 5.02 Å². The van der Waals surface area contributed by atoms with E-state index in [4.69, 9.17) is 16.3 Å². The summed E-state index contributed by atoms with van der Waals surface area (Å²) in [4.78, 5) is 11.0. The molecule has 3 rings (SSSR count). The van der Waals surface area contributed by atoms with Crippen molar-refractivity contribution in [1.82, 2.24) is 4.31 Å². The Labute approximate surface area is 161 Å². The molecule has 1 amide bonds. The van der Waals surface area contributed by atoms with Crippen LogP contribution in [0, 0.1) is 5.82 Å². The number of benzene rings is 2. The number of nitrogens with one attached hydrogen (secondary N) is 1. The van der Waals surface area contributed by atoms with Crippen molar-refractivity contribution in [2.75, 3.05) is 19.5 Å². The molecule has 0 unspecified atom stereocenters. The van der Waals surface area contributed by atoms with Crippen LogP contribution in [0.3, 0.4) is 0 Å². The lowest BCUT2D eigenvalue weighted by molar-refractivity contribution is -0.116. The Balaban J connectivity index is 1.95. The Hall–Kier alpha value is -2.16. The molecule has 0 saturated heterocycles. The average Bonchev–Trinajstić information content (AvgIpc) is 2.61. The predicted molar refractivity (Wildman–Crippen MR) is 100 cm³/mol. The maximum atomic E-state index is 14.5. The summed E-state index contributed by atoms with van der Waals surface area (Å²) in [6.07, 6.45) is 0.587. The smallest absolute Gasteiger partial charge is 0.246 e. The Morgan fingerprint density at radius 1 is 1.26 bits per heavy atom. The van der Waals surface area contributed by atoms with Crippen molar-refractivity contribution < 1.29 is 22.3 Å². The summed E-state index contributed by atoms with van der Waals surface area (Å²) in [5, 5.41) is 2.99. The fourth-order valence-corrected chi connectivity index (χ4v) is 4.38. The van der Waals surface area contributed by atoms with Crippen molar-refractivity contribution in [3.05, 3.63) is 52.3 Å². The minimum atomic E-state index is -4.11. The summed E-state index contributed by atoms with van der Waals surface area (Å²) < 4.78 is 46.6. The van der Waals surface area contributed by atoms with E-state index in [2.05, 4.69) is 5.32 Å². The normalized spacial score (nSPS) is 14.0. The summed E-state index contributed by atoms with van der Waals surface area (Å²) in [7, 11) is -1.28. The standard InChI is InChI=1S/C18H18ClFN2O4S/c1-22(10-12-7-13(19)4-5-16(12)26-2)27(24,25)17-8-11-3-6-18(23)21-15(11)9-14(17)20/h4-5,7-9H,3,6,10H2,1-2H3,(H,21,23). The van der Waals surface area contributed by atoms with E-state index in [9.17, 15) is 17.6 Å². The highest BCUT2D eigenvalue weighted by atomic mass is 35.5. The minimum Gasteiger partial charge on any atom is -0.496 e. The Morgan fingerprint density at radius 2 is 2.00 bits per heavy atom. The molecule has 0 atom stereocenters. The molecule has 1 aliphatic rings. The molecule has 2 aromatic rings. The molecule has 27 heavy (non-hydrogen) atoms. The van der Waals surface area contributed by atoms with Crippen molar-refractivity contribution in [2.24, 2.45) is 0 Å². The van der Waals surface area contributed by atoms with Gasteiger partial charge in [-0.05, 0) is 42.3 Å². The minimum absolute atomic E-state index is 0.0423. The third kappa shape index (κ3) is 3.92. The number of sulfonamides is 1. The average molecular weight is 413 g/mol. The molecule has 1 heterocycles. The van der Waals surface area contributed by atoms with Crippen LogP contribution in [0.15, 0.2) is 35.2 Å². The van der Waals surface area contributed by atoms with Gasteiger partial charge in [0.15, 0.2) is 0 Å². The molecule has 0 bridgehead atoms. The molecular weight excluding hydrogens is 395 g/mol. The number of hydrogen-bond donors (Lipinski definition) is 1. The van der Waals surface area contributed by atoms with Gasteiger partial charge in [-0.1, -0.05) is 11.6 Å². The number of rotatable bonds is 5. The number of methoxy groups -OCH3 is 1. The van der Waals surface area contributed by atoms with Gasteiger partial charge in [0.2, 0.25) is 15.9 Å². The number of ether oxygens (including phenoxy) is 1. The van der Waals surface area contributed by atoms with E-state index in [1.165, 1.54) is 20.2 Å². The zero-order valence-electron chi connectivity index (χ0n) is 14.8. The summed E-state index contributed by atoms with van der Waals surface area (Å²) in [6, 6.07) is 7.21. The van der Waals surface area contributed by atoms with Gasteiger partial charge in [0, 0.05) is 36.3 Å². The lowest BCUT2D eigenvalue weighted by Gasteiger charge is -2.22. The highest BCUT2D eigenvalue weighted by Crippen LogP contribution is 2.31. The van der Waals surface area contributed by atoms with Gasteiger partial charge in [0.05, 0.1) is 7.11 Å². The van der Waals surface area contributed by atoms with Crippen LogP contribution in [-0.4, -0.2) is 32.8 Å². The highest BCUT2D eigenvalue weighted by molar-refractivity contribution is 7.89. The highest BCUT2D eigenvalue weighted by Gasteiger charge is 2.28. The molecule has 6 nitrogen and oxygen atoms in total. The van der Waals surface area contributed by atoms with Crippen molar-refractivity contribution in [2.45, 2.75) is 24.3 Å². The van der Waals surface area contributed by atoms with Gasteiger partial charge in [-0.3, -0.25) is 4.79 Å².